The molecule has 0 spiro atoms. The van der Waals surface area contributed by atoms with Crippen LogP contribution < -0.4 is 0 Å². The van der Waals surface area contributed by atoms with E-state index in [2.05, 4.69) is 24.8 Å². The first-order valence-electron chi connectivity index (χ1n) is 7.66. The van der Waals surface area contributed by atoms with Crippen LogP contribution in [0.25, 0.3) is 0 Å². The van der Waals surface area contributed by atoms with E-state index in [0.29, 0.717) is 0 Å². The lowest BCUT2D eigenvalue weighted by Gasteiger charge is -2.19. The lowest BCUT2D eigenvalue weighted by molar-refractivity contribution is 0.147. The molecule has 1 aliphatic rings. The molecule has 1 aliphatic heterocycles. The Morgan fingerprint density at radius 2 is 2.16 bits per heavy atom. The Balaban J connectivity index is 1.78. The maximum Gasteiger partial charge on any atom is 0.0804 e. The summed E-state index contributed by atoms with van der Waals surface area (Å²) in [7, 11) is 0. The summed E-state index contributed by atoms with van der Waals surface area (Å²) >= 11 is 0. The van der Waals surface area contributed by atoms with Crippen LogP contribution in [0.1, 0.15) is 49.8 Å². The molecule has 0 amide bonds. The molecule has 0 saturated carbocycles. The Hall–Kier alpha value is -0.860. The number of aliphatic hydroxyl groups excluding tert-OH is 1. The molecule has 1 N–H and O–H groups in total. The largest absolute Gasteiger partial charge is 0.388 e. The zero-order valence-corrected chi connectivity index (χ0v) is 12.3. The number of rotatable bonds is 6. The van der Waals surface area contributed by atoms with E-state index in [1.807, 2.05) is 18.2 Å². The maximum absolute atomic E-state index is 10.3. The monoisotopic (exact) mass is 261 g/mol. The quantitative estimate of drug-likeness (QED) is 0.846. The topological polar surface area (TPSA) is 23.5 Å². The van der Waals surface area contributed by atoms with Crippen LogP contribution in [0.5, 0.6) is 0 Å². The maximum atomic E-state index is 10.3. The van der Waals surface area contributed by atoms with Crippen LogP contribution >= 0.6 is 0 Å². The van der Waals surface area contributed by atoms with Crippen molar-refractivity contribution < 1.29 is 5.11 Å². The Bertz CT molecular complexity index is 391. The first-order chi connectivity index (χ1) is 9.20. The Labute approximate surface area is 117 Å². The second-order valence-electron chi connectivity index (χ2n) is 5.91. The SMILES string of the molecule is CCCC1CCN(CCC(O)c2ccccc2C)C1. The van der Waals surface area contributed by atoms with E-state index in [1.54, 1.807) is 0 Å². The molecule has 106 valence electrons. The third-order valence-electron chi connectivity index (χ3n) is 4.33. The molecule has 1 heterocycles. The van der Waals surface area contributed by atoms with E-state index in [-0.39, 0.29) is 6.10 Å². The molecule has 2 unspecified atom stereocenters. The van der Waals surface area contributed by atoms with Gasteiger partial charge in [0.15, 0.2) is 0 Å². The fourth-order valence-electron chi connectivity index (χ4n) is 3.18. The molecule has 1 saturated heterocycles. The van der Waals surface area contributed by atoms with Crippen molar-refractivity contribution in [3.05, 3.63) is 35.4 Å². The Kier molecular flexibility index (Phi) is 5.41. The zero-order valence-electron chi connectivity index (χ0n) is 12.3. The Morgan fingerprint density at radius 1 is 1.37 bits per heavy atom. The fourth-order valence-corrected chi connectivity index (χ4v) is 3.18. The molecule has 0 radical (unpaired) electrons. The van der Waals surface area contributed by atoms with E-state index in [0.717, 1.165) is 24.4 Å². The second-order valence-corrected chi connectivity index (χ2v) is 5.91. The van der Waals surface area contributed by atoms with E-state index >= 15 is 0 Å². The lowest BCUT2D eigenvalue weighted by atomic mass is 10.0. The third kappa shape index (κ3) is 4.05. The molecule has 2 heteroatoms. The van der Waals surface area contributed by atoms with Crippen LogP contribution in [-0.4, -0.2) is 29.6 Å². The van der Waals surface area contributed by atoms with Crippen molar-refractivity contribution in [2.24, 2.45) is 5.92 Å². The third-order valence-corrected chi connectivity index (χ3v) is 4.33. The highest BCUT2D eigenvalue weighted by atomic mass is 16.3. The molecule has 0 aliphatic carbocycles. The highest BCUT2D eigenvalue weighted by Gasteiger charge is 2.22. The Morgan fingerprint density at radius 3 is 2.89 bits per heavy atom. The molecule has 1 aromatic rings. The van der Waals surface area contributed by atoms with Crippen molar-refractivity contribution in [3.63, 3.8) is 0 Å². The van der Waals surface area contributed by atoms with Gasteiger partial charge in [0.05, 0.1) is 6.10 Å². The summed E-state index contributed by atoms with van der Waals surface area (Å²) in [6, 6.07) is 8.16. The highest BCUT2D eigenvalue weighted by Crippen LogP contribution is 2.24. The molecule has 2 atom stereocenters. The zero-order chi connectivity index (χ0) is 13.7. The molecule has 2 nitrogen and oxygen atoms in total. The van der Waals surface area contributed by atoms with E-state index in [9.17, 15) is 5.11 Å². The number of benzene rings is 1. The number of hydrogen-bond acceptors (Lipinski definition) is 2. The van der Waals surface area contributed by atoms with Crippen molar-refractivity contribution in [3.8, 4) is 0 Å². The first-order valence-corrected chi connectivity index (χ1v) is 7.66. The average Bonchev–Trinajstić information content (AvgIpc) is 2.85. The van der Waals surface area contributed by atoms with Crippen molar-refractivity contribution in [2.75, 3.05) is 19.6 Å². The molecular weight excluding hydrogens is 234 g/mol. The van der Waals surface area contributed by atoms with Crippen LogP contribution in [0, 0.1) is 12.8 Å². The summed E-state index contributed by atoms with van der Waals surface area (Å²) in [5.41, 5.74) is 2.28. The summed E-state index contributed by atoms with van der Waals surface area (Å²) in [6.07, 6.45) is 4.53. The van der Waals surface area contributed by atoms with Gasteiger partial charge < -0.3 is 10.0 Å². The molecule has 2 rings (SSSR count). The normalized spacial score (nSPS) is 21.7. The van der Waals surface area contributed by atoms with Crippen LogP contribution in [0.15, 0.2) is 24.3 Å². The van der Waals surface area contributed by atoms with Crippen LogP contribution in [0.3, 0.4) is 0 Å². The number of hydrogen-bond donors (Lipinski definition) is 1. The van der Waals surface area contributed by atoms with Crippen molar-refractivity contribution in [1.82, 2.24) is 4.90 Å². The van der Waals surface area contributed by atoms with Gasteiger partial charge >= 0.3 is 0 Å². The second kappa shape index (κ2) is 7.06. The predicted octanol–water partition coefficient (Wildman–Crippen LogP) is 3.54. The van der Waals surface area contributed by atoms with Gasteiger partial charge in [-0.2, -0.15) is 0 Å². The van der Waals surface area contributed by atoms with Crippen molar-refractivity contribution >= 4 is 0 Å². The summed E-state index contributed by atoms with van der Waals surface area (Å²) in [4.78, 5) is 2.52. The van der Waals surface area contributed by atoms with Crippen molar-refractivity contribution in [2.45, 2.75) is 45.6 Å². The van der Waals surface area contributed by atoms with Gasteiger partial charge in [0.2, 0.25) is 0 Å². The molecule has 0 bridgehead atoms. The molecule has 1 fully saturated rings. The predicted molar refractivity (Wildman–Crippen MR) is 80.2 cm³/mol. The van der Waals surface area contributed by atoms with Gasteiger partial charge in [0.1, 0.15) is 0 Å². The standard InChI is InChI=1S/C17H27NO/c1-3-6-15-9-11-18(13-15)12-10-17(19)16-8-5-4-7-14(16)2/h4-5,7-8,15,17,19H,3,6,9-13H2,1-2H3. The highest BCUT2D eigenvalue weighted by molar-refractivity contribution is 5.27. The van der Waals surface area contributed by atoms with Gasteiger partial charge in [0, 0.05) is 13.1 Å². The number of aryl methyl sites for hydroxylation is 1. The van der Waals surface area contributed by atoms with Crippen LogP contribution in [0.2, 0.25) is 0 Å². The summed E-state index contributed by atoms with van der Waals surface area (Å²) in [5, 5.41) is 10.3. The van der Waals surface area contributed by atoms with Crippen LogP contribution in [-0.2, 0) is 0 Å². The summed E-state index contributed by atoms with van der Waals surface area (Å²) in [5.74, 6) is 0.889. The van der Waals surface area contributed by atoms with Gasteiger partial charge in [-0.3, -0.25) is 0 Å². The van der Waals surface area contributed by atoms with Gasteiger partial charge in [-0.1, -0.05) is 37.6 Å². The number of aliphatic hydroxyl groups is 1. The van der Waals surface area contributed by atoms with Gasteiger partial charge in [-0.15, -0.1) is 0 Å². The summed E-state index contributed by atoms with van der Waals surface area (Å²) in [6.45, 7) is 7.81. The first kappa shape index (κ1) is 14.5. The van der Waals surface area contributed by atoms with E-state index < -0.39 is 0 Å². The van der Waals surface area contributed by atoms with Crippen molar-refractivity contribution in [1.29, 1.82) is 0 Å². The molecule has 0 aromatic heterocycles. The number of likely N-dealkylation sites (tertiary alicyclic amines) is 1. The lowest BCUT2D eigenvalue weighted by Crippen LogP contribution is -2.23. The number of nitrogens with zero attached hydrogens (tertiary/aromatic N) is 1. The molecular formula is C17H27NO. The van der Waals surface area contributed by atoms with Gasteiger partial charge in [-0.25, -0.2) is 0 Å². The minimum atomic E-state index is -0.313. The van der Waals surface area contributed by atoms with E-state index in [1.165, 1.54) is 37.9 Å². The summed E-state index contributed by atoms with van der Waals surface area (Å²) < 4.78 is 0. The van der Waals surface area contributed by atoms with Gasteiger partial charge in [-0.05, 0) is 49.8 Å². The molecule has 1 aromatic carbocycles. The molecule has 19 heavy (non-hydrogen) atoms. The minimum absolute atomic E-state index is 0.313. The van der Waals surface area contributed by atoms with E-state index in [4.69, 9.17) is 0 Å². The smallest absolute Gasteiger partial charge is 0.0804 e. The average molecular weight is 261 g/mol. The van der Waals surface area contributed by atoms with Crippen LogP contribution in [0.4, 0.5) is 0 Å². The fraction of sp³-hybridized carbons (Fsp3) is 0.647. The minimum Gasteiger partial charge on any atom is -0.388 e. The van der Waals surface area contributed by atoms with Gasteiger partial charge in [0.25, 0.3) is 0 Å².